The number of hydrogen-bond donors (Lipinski definition) is 1. The molecule has 0 bridgehead atoms. The lowest BCUT2D eigenvalue weighted by Crippen LogP contribution is -2.15. The lowest BCUT2D eigenvalue weighted by atomic mass is 10.0. The van der Waals surface area contributed by atoms with Crippen molar-refractivity contribution >= 4 is 51.4 Å². The summed E-state index contributed by atoms with van der Waals surface area (Å²) >= 11 is 13.3. The van der Waals surface area contributed by atoms with Gasteiger partial charge >= 0.3 is 5.97 Å². The average Bonchev–Trinajstić information content (AvgIpc) is 3.20. The monoisotopic (exact) mass is 437 g/mol. The van der Waals surface area contributed by atoms with Crippen molar-refractivity contribution in [3.05, 3.63) is 62.3 Å². The minimum atomic E-state index is -0.528. The molecule has 2 aromatic heterocycles. The van der Waals surface area contributed by atoms with Gasteiger partial charge in [0, 0.05) is 10.9 Å². The van der Waals surface area contributed by atoms with E-state index in [1.54, 1.807) is 50.4 Å². The van der Waals surface area contributed by atoms with E-state index in [0.29, 0.717) is 43.3 Å². The summed E-state index contributed by atoms with van der Waals surface area (Å²) in [6, 6.07) is 6.74. The van der Waals surface area contributed by atoms with Gasteiger partial charge in [-0.15, -0.1) is 11.3 Å². The van der Waals surface area contributed by atoms with Crippen LogP contribution in [0.5, 0.6) is 0 Å². The lowest BCUT2D eigenvalue weighted by molar-refractivity contribution is 0.0529. The molecule has 0 saturated heterocycles. The van der Waals surface area contributed by atoms with Crippen molar-refractivity contribution in [1.82, 2.24) is 0 Å². The van der Waals surface area contributed by atoms with E-state index < -0.39 is 5.97 Å². The number of thiophene rings is 1. The molecule has 0 aliphatic heterocycles. The van der Waals surface area contributed by atoms with E-state index in [1.165, 1.54) is 11.3 Å². The van der Waals surface area contributed by atoms with Crippen molar-refractivity contribution < 1.29 is 18.7 Å². The number of esters is 1. The number of furan rings is 1. The van der Waals surface area contributed by atoms with Crippen molar-refractivity contribution in [2.75, 3.05) is 11.9 Å². The first kappa shape index (κ1) is 20.5. The standard InChI is InChI=1S/C20H17Cl2NO4S/c1-4-26-20(25)17-14(12-5-6-15(21)16(22)8-12)9-28-19(17)23-18(24)13-7-10(2)27-11(13)3/h5-9H,4H2,1-3H3,(H,23,24). The largest absolute Gasteiger partial charge is 0.466 e. The molecule has 2 heterocycles. The maximum absolute atomic E-state index is 12.7. The molecule has 0 unspecified atom stereocenters. The molecule has 146 valence electrons. The number of halogens is 2. The third kappa shape index (κ3) is 4.09. The number of rotatable bonds is 5. The van der Waals surface area contributed by atoms with Crippen molar-refractivity contribution in [2.45, 2.75) is 20.8 Å². The predicted octanol–water partition coefficient (Wildman–Crippen LogP) is 6.36. The van der Waals surface area contributed by atoms with Crippen molar-refractivity contribution in [3.63, 3.8) is 0 Å². The molecule has 5 nitrogen and oxygen atoms in total. The van der Waals surface area contributed by atoms with Crippen molar-refractivity contribution in [2.24, 2.45) is 0 Å². The number of aryl methyl sites for hydroxylation is 2. The van der Waals surface area contributed by atoms with Crippen LogP contribution in [0.25, 0.3) is 11.1 Å². The van der Waals surface area contributed by atoms with Crippen LogP contribution in [0.4, 0.5) is 5.00 Å². The van der Waals surface area contributed by atoms with E-state index in [9.17, 15) is 9.59 Å². The first-order valence-corrected chi connectivity index (χ1v) is 10.1. The van der Waals surface area contributed by atoms with Gasteiger partial charge in [-0.1, -0.05) is 29.3 Å². The Labute approximate surface area is 176 Å². The van der Waals surface area contributed by atoms with Gasteiger partial charge < -0.3 is 14.5 Å². The van der Waals surface area contributed by atoms with Crippen LogP contribution in [0.1, 0.15) is 39.2 Å². The number of carbonyl (C=O) groups excluding carboxylic acids is 2. The second kappa shape index (κ2) is 8.39. The topological polar surface area (TPSA) is 68.5 Å². The summed E-state index contributed by atoms with van der Waals surface area (Å²) in [5.74, 6) is 0.257. The Hall–Kier alpha value is -2.28. The maximum atomic E-state index is 12.7. The summed E-state index contributed by atoms with van der Waals surface area (Å²) in [5.41, 5.74) is 2.00. The number of hydrogen-bond acceptors (Lipinski definition) is 5. The van der Waals surface area contributed by atoms with Gasteiger partial charge in [0.1, 0.15) is 22.1 Å². The highest BCUT2D eigenvalue weighted by Gasteiger charge is 2.24. The van der Waals surface area contributed by atoms with E-state index in [1.807, 2.05) is 0 Å². The normalized spacial score (nSPS) is 10.8. The Bertz CT molecular complexity index is 1050. The van der Waals surface area contributed by atoms with E-state index in [-0.39, 0.29) is 18.1 Å². The number of ether oxygens (including phenoxy) is 1. The maximum Gasteiger partial charge on any atom is 0.341 e. The first-order valence-electron chi connectivity index (χ1n) is 8.44. The molecular formula is C20H17Cl2NO4S. The molecule has 1 N–H and O–H groups in total. The van der Waals surface area contributed by atoms with Crippen LogP contribution in [0, 0.1) is 13.8 Å². The highest BCUT2D eigenvalue weighted by atomic mass is 35.5. The highest BCUT2D eigenvalue weighted by Crippen LogP contribution is 2.38. The molecule has 1 amide bonds. The zero-order valence-electron chi connectivity index (χ0n) is 15.4. The molecule has 3 aromatic rings. The van der Waals surface area contributed by atoms with Crippen molar-refractivity contribution in [1.29, 1.82) is 0 Å². The summed E-state index contributed by atoms with van der Waals surface area (Å²) in [6.07, 6.45) is 0. The van der Waals surface area contributed by atoms with Crippen LogP contribution in [0.2, 0.25) is 10.0 Å². The number of nitrogens with one attached hydrogen (secondary N) is 1. The summed E-state index contributed by atoms with van der Waals surface area (Å²) < 4.78 is 10.6. The van der Waals surface area contributed by atoms with Crippen molar-refractivity contribution in [3.8, 4) is 11.1 Å². The zero-order chi connectivity index (χ0) is 20.4. The van der Waals surface area contributed by atoms with Gasteiger partial charge in [-0.3, -0.25) is 4.79 Å². The van der Waals surface area contributed by atoms with E-state index in [4.69, 9.17) is 32.4 Å². The Morgan fingerprint density at radius 1 is 1.18 bits per heavy atom. The molecule has 8 heteroatoms. The van der Waals surface area contributed by atoms with E-state index in [2.05, 4.69) is 5.32 Å². The van der Waals surface area contributed by atoms with Crippen LogP contribution < -0.4 is 5.32 Å². The molecule has 28 heavy (non-hydrogen) atoms. The third-order valence-electron chi connectivity index (χ3n) is 4.01. The summed E-state index contributed by atoms with van der Waals surface area (Å²) in [5, 5.41) is 5.75. The zero-order valence-corrected chi connectivity index (χ0v) is 17.7. The van der Waals surface area contributed by atoms with E-state index in [0.717, 1.165) is 0 Å². The Morgan fingerprint density at radius 2 is 1.93 bits per heavy atom. The van der Waals surface area contributed by atoms with Crippen LogP contribution >= 0.6 is 34.5 Å². The Balaban J connectivity index is 2.02. The minimum absolute atomic E-state index is 0.211. The van der Waals surface area contributed by atoms with E-state index >= 15 is 0 Å². The van der Waals surface area contributed by atoms with Gasteiger partial charge in [0.25, 0.3) is 5.91 Å². The highest BCUT2D eigenvalue weighted by molar-refractivity contribution is 7.15. The average molecular weight is 438 g/mol. The molecule has 0 fully saturated rings. The molecule has 0 aliphatic rings. The predicted molar refractivity (Wildman–Crippen MR) is 112 cm³/mol. The SMILES string of the molecule is CCOC(=O)c1c(-c2ccc(Cl)c(Cl)c2)csc1NC(=O)c1cc(C)oc1C. The summed E-state index contributed by atoms with van der Waals surface area (Å²) in [7, 11) is 0. The summed E-state index contributed by atoms with van der Waals surface area (Å²) in [4.78, 5) is 25.3. The van der Waals surface area contributed by atoms with Crippen LogP contribution in [-0.2, 0) is 4.74 Å². The number of amides is 1. The first-order chi connectivity index (χ1) is 13.3. The fourth-order valence-electron chi connectivity index (χ4n) is 2.76. The summed E-state index contributed by atoms with van der Waals surface area (Å²) in [6.45, 7) is 5.41. The fourth-order valence-corrected chi connectivity index (χ4v) is 4.01. The molecule has 0 spiro atoms. The molecule has 0 saturated carbocycles. The second-order valence-electron chi connectivity index (χ2n) is 5.98. The number of carbonyl (C=O) groups is 2. The third-order valence-corrected chi connectivity index (χ3v) is 5.65. The molecule has 0 atom stereocenters. The van der Waals surface area contributed by atoms with Crippen LogP contribution in [0.3, 0.4) is 0 Å². The fraction of sp³-hybridized carbons (Fsp3) is 0.200. The smallest absolute Gasteiger partial charge is 0.341 e. The van der Waals surface area contributed by atoms with Gasteiger partial charge in [0.2, 0.25) is 0 Å². The Kier molecular flexibility index (Phi) is 6.13. The Morgan fingerprint density at radius 3 is 2.54 bits per heavy atom. The second-order valence-corrected chi connectivity index (χ2v) is 7.68. The van der Waals surface area contributed by atoms with Crippen LogP contribution in [0.15, 0.2) is 34.1 Å². The van der Waals surface area contributed by atoms with Gasteiger partial charge in [-0.25, -0.2) is 4.79 Å². The molecular weight excluding hydrogens is 421 g/mol. The van der Waals surface area contributed by atoms with Crippen LogP contribution in [-0.4, -0.2) is 18.5 Å². The molecule has 0 aliphatic carbocycles. The van der Waals surface area contributed by atoms with Gasteiger partial charge in [0.15, 0.2) is 0 Å². The van der Waals surface area contributed by atoms with Gasteiger partial charge in [-0.2, -0.15) is 0 Å². The quantitative estimate of drug-likeness (QED) is 0.471. The molecule has 0 radical (unpaired) electrons. The molecule has 1 aromatic carbocycles. The molecule has 3 rings (SSSR count). The lowest BCUT2D eigenvalue weighted by Gasteiger charge is -2.09. The van der Waals surface area contributed by atoms with Gasteiger partial charge in [-0.05, 0) is 44.5 Å². The number of benzene rings is 1. The minimum Gasteiger partial charge on any atom is -0.466 e. The number of anilines is 1. The van der Waals surface area contributed by atoms with Gasteiger partial charge in [0.05, 0.1) is 22.2 Å².